The zero-order chi connectivity index (χ0) is 14.9. The molecule has 2 aromatic carbocycles. The Balaban J connectivity index is 1.57. The van der Waals surface area contributed by atoms with Gasteiger partial charge in [-0.2, -0.15) is 24.9 Å². The quantitative estimate of drug-likeness (QED) is 0.759. The minimum Gasteiger partial charge on any atom is -0.166 e. The van der Waals surface area contributed by atoms with Gasteiger partial charge < -0.3 is 0 Å². The fourth-order valence-electron chi connectivity index (χ4n) is 2.64. The molecule has 0 saturated heterocycles. The third kappa shape index (κ3) is 3.43. The van der Waals surface area contributed by atoms with E-state index in [0.717, 1.165) is 24.2 Å². The molecule has 0 fully saturated rings. The number of rotatable bonds is 3. The zero-order valence-corrected chi connectivity index (χ0v) is 12.2. The number of hydrogen-bond acceptors (Lipinski definition) is 1. The summed E-state index contributed by atoms with van der Waals surface area (Å²) in [6.45, 7) is 0. The summed E-state index contributed by atoms with van der Waals surface area (Å²) in [5.74, 6) is 0.761. The Labute approximate surface area is 126 Å². The highest BCUT2D eigenvalue weighted by atomic mass is 32.2. The first-order chi connectivity index (χ1) is 10.0. The Morgan fingerprint density at radius 2 is 1.48 bits per heavy atom. The molecule has 4 heteroatoms. The van der Waals surface area contributed by atoms with Crippen LogP contribution in [0.3, 0.4) is 0 Å². The Bertz CT molecular complexity index is 592. The molecule has 0 atom stereocenters. The number of alkyl halides is 3. The van der Waals surface area contributed by atoms with Crippen molar-refractivity contribution >= 4 is 11.8 Å². The molecule has 0 aliphatic heterocycles. The minimum absolute atomic E-state index is 0.532. The first-order valence-corrected chi connectivity index (χ1v) is 7.92. The molecule has 0 spiro atoms. The first-order valence-electron chi connectivity index (χ1n) is 6.87. The molecule has 2 aromatic rings. The van der Waals surface area contributed by atoms with Crippen molar-refractivity contribution in [2.75, 3.05) is 0 Å². The van der Waals surface area contributed by atoms with E-state index < -0.39 is 11.7 Å². The summed E-state index contributed by atoms with van der Waals surface area (Å²) in [6.07, 6.45) is -2.14. The fourth-order valence-corrected chi connectivity index (χ4v) is 3.86. The van der Waals surface area contributed by atoms with Crippen LogP contribution in [-0.4, -0.2) is 5.25 Å². The maximum atomic E-state index is 12.5. The molecule has 21 heavy (non-hydrogen) atoms. The van der Waals surface area contributed by atoms with Crippen LogP contribution in [0.15, 0.2) is 48.5 Å². The van der Waals surface area contributed by atoms with E-state index >= 15 is 0 Å². The third-order valence-corrected chi connectivity index (χ3v) is 5.09. The van der Waals surface area contributed by atoms with Crippen molar-refractivity contribution in [3.05, 3.63) is 70.8 Å². The zero-order valence-electron chi connectivity index (χ0n) is 11.4. The molecular weight excluding hydrogens is 293 g/mol. The highest BCUT2D eigenvalue weighted by Gasteiger charge is 2.30. The van der Waals surface area contributed by atoms with Crippen LogP contribution in [0.5, 0.6) is 0 Å². The lowest BCUT2D eigenvalue weighted by Crippen LogP contribution is -2.05. The summed E-state index contributed by atoms with van der Waals surface area (Å²) in [7, 11) is 0. The first kappa shape index (κ1) is 14.5. The summed E-state index contributed by atoms with van der Waals surface area (Å²) in [5, 5.41) is 0.532. The standard InChI is InChI=1S/C17H15F3S/c18-17(19,20)15-7-5-12(6-8-15)11-21-16-9-13-3-1-2-4-14(13)10-16/h1-8,16H,9-11H2. The lowest BCUT2D eigenvalue weighted by atomic mass is 10.1. The average molecular weight is 308 g/mol. The van der Waals surface area contributed by atoms with Crippen LogP contribution in [0, 0.1) is 0 Å². The summed E-state index contributed by atoms with van der Waals surface area (Å²) in [6, 6.07) is 13.9. The predicted octanol–water partition coefficient (Wildman–Crippen LogP) is 5.11. The van der Waals surface area contributed by atoms with Crippen LogP contribution < -0.4 is 0 Å². The SMILES string of the molecule is FC(F)(F)c1ccc(CSC2Cc3ccccc3C2)cc1. The van der Waals surface area contributed by atoms with Crippen molar-refractivity contribution in [3.63, 3.8) is 0 Å². The Morgan fingerprint density at radius 3 is 2.00 bits per heavy atom. The number of benzene rings is 2. The number of fused-ring (bicyclic) bond motifs is 1. The molecule has 0 aromatic heterocycles. The van der Waals surface area contributed by atoms with Crippen molar-refractivity contribution in [2.45, 2.75) is 30.0 Å². The van der Waals surface area contributed by atoms with Gasteiger partial charge in [0.05, 0.1) is 5.56 Å². The molecule has 0 bridgehead atoms. The van der Waals surface area contributed by atoms with E-state index in [9.17, 15) is 13.2 Å². The van der Waals surface area contributed by atoms with Crippen molar-refractivity contribution in [1.82, 2.24) is 0 Å². The Hall–Kier alpha value is -1.42. The molecular formula is C17H15F3S. The van der Waals surface area contributed by atoms with E-state index in [-0.39, 0.29) is 0 Å². The van der Waals surface area contributed by atoms with Gasteiger partial charge in [-0.05, 0) is 41.7 Å². The monoisotopic (exact) mass is 308 g/mol. The maximum Gasteiger partial charge on any atom is 0.416 e. The van der Waals surface area contributed by atoms with Crippen LogP contribution in [0.4, 0.5) is 13.2 Å². The summed E-state index contributed by atoms with van der Waals surface area (Å²) < 4.78 is 37.5. The topological polar surface area (TPSA) is 0 Å². The second-order valence-corrected chi connectivity index (χ2v) is 6.59. The van der Waals surface area contributed by atoms with Gasteiger partial charge in [-0.1, -0.05) is 36.4 Å². The van der Waals surface area contributed by atoms with E-state index in [0.29, 0.717) is 5.25 Å². The highest BCUT2D eigenvalue weighted by molar-refractivity contribution is 7.99. The van der Waals surface area contributed by atoms with Crippen molar-refractivity contribution in [1.29, 1.82) is 0 Å². The molecule has 0 saturated carbocycles. The van der Waals surface area contributed by atoms with E-state index in [1.807, 2.05) is 11.8 Å². The van der Waals surface area contributed by atoms with Gasteiger partial charge in [0.2, 0.25) is 0 Å². The average Bonchev–Trinajstić information content (AvgIpc) is 2.87. The predicted molar refractivity (Wildman–Crippen MR) is 80.4 cm³/mol. The van der Waals surface area contributed by atoms with Gasteiger partial charge in [0.15, 0.2) is 0 Å². The molecule has 0 nitrogen and oxygen atoms in total. The number of halogens is 3. The number of thioether (sulfide) groups is 1. The van der Waals surface area contributed by atoms with Crippen LogP contribution >= 0.6 is 11.8 Å². The summed E-state index contributed by atoms with van der Waals surface area (Å²) in [4.78, 5) is 0. The van der Waals surface area contributed by atoms with E-state index in [2.05, 4.69) is 24.3 Å². The molecule has 0 amide bonds. The normalized spacial score (nSPS) is 15.2. The van der Waals surface area contributed by atoms with E-state index in [4.69, 9.17) is 0 Å². The summed E-state index contributed by atoms with van der Waals surface area (Å²) >= 11 is 1.83. The Morgan fingerprint density at radius 1 is 0.905 bits per heavy atom. The van der Waals surface area contributed by atoms with Crippen molar-refractivity contribution < 1.29 is 13.2 Å². The van der Waals surface area contributed by atoms with Gasteiger partial charge in [0.25, 0.3) is 0 Å². The third-order valence-electron chi connectivity index (χ3n) is 3.78. The van der Waals surface area contributed by atoms with Crippen molar-refractivity contribution in [3.8, 4) is 0 Å². The summed E-state index contributed by atoms with van der Waals surface area (Å²) in [5.41, 5.74) is 3.18. The minimum atomic E-state index is -4.25. The van der Waals surface area contributed by atoms with Crippen LogP contribution in [0.25, 0.3) is 0 Å². The number of hydrogen-bond donors (Lipinski definition) is 0. The van der Waals surface area contributed by atoms with Crippen LogP contribution in [0.1, 0.15) is 22.3 Å². The Kier molecular flexibility index (Phi) is 3.98. The van der Waals surface area contributed by atoms with Crippen molar-refractivity contribution in [2.24, 2.45) is 0 Å². The molecule has 1 aliphatic rings. The highest BCUT2D eigenvalue weighted by Crippen LogP contribution is 2.33. The lowest BCUT2D eigenvalue weighted by molar-refractivity contribution is -0.137. The largest absolute Gasteiger partial charge is 0.416 e. The van der Waals surface area contributed by atoms with Gasteiger partial charge in [-0.3, -0.25) is 0 Å². The second kappa shape index (κ2) is 5.76. The van der Waals surface area contributed by atoms with Gasteiger partial charge >= 0.3 is 6.18 Å². The van der Waals surface area contributed by atoms with Gasteiger partial charge in [-0.15, -0.1) is 0 Å². The van der Waals surface area contributed by atoms with Crippen LogP contribution in [0.2, 0.25) is 0 Å². The van der Waals surface area contributed by atoms with Gasteiger partial charge in [0, 0.05) is 11.0 Å². The smallest absolute Gasteiger partial charge is 0.166 e. The molecule has 1 aliphatic carbocycles. The molecule has 0 N–H and O–H groups in total. The van der Waals surface area contributed by atoms with E-state index in [1.54, 1.807) is 12.1 Å². The van der Waals surface area contributed by atoms with Gasteiger partial charge in [0.1, 0.15) is 0 Å². The molecule has 0 radical (unpaired) electrons. The van der Waals surface area contributed by atoms with Gasteiger partial charge in [-0.25, -0.2) is 0 Å². The molecule has 0 unspecified atom stereocenters. The van der Waals surface area contributed by atoms with E-state index in [1.165, 1.54) is 23.3 Å². The molecule has 3 rings (SSSR count). The van der Waals surface area contributed by atoms with Crippen LogP contribution in [-0.2, 0) is 24.8 Å². The fraction of sp³-hybridized carbons (Fsp3) is 0.294. The molecule has 0 heterocycles. The maximum absolute atomic E-state index is 12.5. The lowest BCUT2D eigenvalue weighted by Gasteiger charge is -2.10. The molecule has 110 valence electrons. The second-order valence-electron chi connectivity index (χ2n) is 5.30.